The number of benzene rings is 1. The molecule has 0 unspecified atom stereocenters. The molecule has 2 atom stereocenters. The van der Waals surface area contributed by atoms with Crippen molar-refractivity contribution in [1.29, 1.82) is 0 Å². The lowest BCUT2D eigenvalue weighted by Crippen LogP contribution is -3.14. The van der Waals surface area contributed by atoms with Gasteiger partial charge in [-0.1, -0.05) is 0 Å². The molecule has 22 heavy (non-hydrogen) atoms. The van der Waals surface area contributed by atoms with Crippen molar-refractivity contribution in [2.75, 3.05) is 20.2 Å². The summed E-state index contributed by atoms with van der Waals surface area (Å²) in [6, 6.07) is 7.22. The average molecular weight is 304 g/mol. The van der Waals surface area contributed by atoms with E-state index in [-0.39, 0.29) is 17.8 Å². The molecule has 0 amide bonds. The highest BCUT2D eigenvalue weighted by atomic mass is 16.5. The Bertz CT molecular complexity index is 714. The highest BCUT2D eigenvalue weighted by Crippen LogP contribution is 2.22. The SMILES string of the molecule is COc1ccc2c(C[NH+]3C[C@@H](C)O[C@H](C)C3)cc(=O)oc2c1. The summed E-state index contributed by atoms with van der Waals surface area (Å²) in [5, 5.41) is 0.972. The molecule has 2 heterocycles. The van der Waals surface area contributed by atoms with Crippen molar-refractivity contribution < 1.29 is 18.8 Å². The number of hydrogen-bond acceptors (Lipinski definition) is 4. The van der Waals surface area contributed by atoms with Crippen LogP contribution in [0.1, 0.15) is 19.4 Å². The fraction of sp³-hybridized carbons (Fsp3) is 0.471. The Morgan fingerprint density at radius 3 is 2.64 bits per heavy atom. The maximum atomic E-state index is 11.8. The third kappa shape index (κ3) is 3.15. The lowest BCUT2D eigenvalue weighted by Gasteiger charge is -2.32. The first-order valence-electron chi connectivity index (χ1n) is 7.65. The predicted octanol–water partition coefficient (Wildman–Crippen LogP) is 0.994. The number of quaternary nitrogens is 1. The average Bonchev–Trinajstić information content (AvgIpc) is 2.45. The molecule has 1 aromatic heterocycles. The van der Waals surface area contributed by atoms with Crippen molar-refractivity contribution in [3.8, 4) is 5.75 Å². The zero-order chi connectivity index (χ0) is 15.7. The van der Waals surface area contributed by atoms with E-state index in [1.54, 1.807) is 19.2 Å². The molecule has 0 spiro atoms. The van der Waals surface area contributed by atoms with Gasteiger partial charge >= 0.3 is 5.63 Å². The Morgan fingerprint density at radius 2 is 1.95 bits per heavy atom. The molecule has 1 aliphatic heterocycles. The van der Waals surface area contributed by atoms with Crippen LogP contribution in [-0.4, -0.2) is 32.4 Å². The first-order chi connectivity index (χ1) is 10.5. The molecular weight excluding hydrogens is 282 g/mol. The van der Waals surface area contributed by atoms with Crippen LogP contribution in [0.5, 0.6) is 5.75 Å². The Hall–Kier alpha value is -1.85. The van der Waals surface area contributed by atoms with Gasteiger partial charge in [-0.05, 0) is 26.0 Å². The molecule has 1 saturated heterocycles. The molecule has 0 aliphatic carbocycles. The number of morpholine rings is 1. The number of nitrogens with one attached hydrogen (secondary N) is 1. The monoisotopic (exact) mass is 304 g/mol. The summed E-state index contributed by atoms with van der Waals surface area (Å²) in [4.78, 5) is 13.3. The van der Waals surface area contributed by atoms with Gasteiger partial charge in [0.1, 0.15) is 43.2 Å². The molecule has 3 rings (SSSR count). The van der Waals surface area contributed by atoms with Gasteiger partial charge in [-0.3, -0.25) is 0 Å². The van der Waals surface area contributed by atoms with Crippen molar-refractivity contribution in [2.45, 2.75) is 32.6 Å². The van der Waals surface area contributed by atoms with Crippen LogP contribution in [0.3, 0.4) is 0 Å². The largest absolute Gasteiger partial charge is 0.497 e. The van der Waals surface area contributed by atoms with Gasteiger partial charge in [-0.25, -0.2) is 4.79 Å². The topological polar surface area (TPSA) is 53.1 Å². The molecular formula is C17H22NO4+. The standard InChI is InChI=1S/C17H21NO4/c1-11-8-18(9-12(2)21-11)10-13-6-17(19)22-16-7-14(20-3)4-5-15(13)16/h4-7,11-12H,8-10H2,1-3H3/p+1/t11-,12-/m1/s1. The van der Waals surface area contributed by atoms with Gasteiger partial charge in [0.2, 0.25) is 0 Å². The molecule has 0 radical (unpaired) electrons. The Kier molecular flexibility index (Phi) is 4.18. The fourth-order valence-electron chi connectivity index (χ4n) is 3.29. The summed E-state index contributed by atoms with van der Waals surface area (Å²) in [6.07, 6.45) is 0.482. The zero-order valence-electron chi connectivity index (χ0n) is 13.2. The van der Waals surface area contributed by atoms with E-state index in [4.69, 9.17) is 13.9 Å². The molecule has 1 fully saturated rings. The highest BCUT2D eigenvalue weighted by molar-refractivity contribution is 5.81. The van der Waals surface area contributed by atoms with Crippen molar-refractivity contribution in [2.24, 2.45) is 0 Å². The van der Waals surface area contributed by atoms with Crippen LogP contribution < -0.4 is 15.3 Å². The maximum Gasteiger partial charge on any atom is 0.336 e. The number of ether oxygens (including phenoxy) is 2. The van der Waals surface area contributed by atoms with Gasteiger partial charge in [0.25, 0.3) is 0 Å². The van der Waals surface area contributed by atoms with E-state index in [0.29, 0.717) is 11.3 Å². The third-order valence-corrected chi connectivity index (χ3v) is 4.09. The first kappa shape index (κ1) is 15.1. The van der Waals surface area contributed by atoms with Crippen molar-refractivity contribution in [3.63, 3.8) is 0 Å². The summed E-state index contributed by atoms with van der Waals surface area (Å²) < 4.78 is 16.3. The maximum absolute atomic E-state index is 11.8. The summed E-state index contributed by atoms with van der Waals surface area (Å²) in [7, 11) is 1.60. The molecule has 2 aromatic rings. The van der Waals surface area contributed by atoms with Crippen LogP contribution in [-0.2, 0) is 11.3 Å². The molecule has 5 nitrogen and oxygen atoms in total. The molecule has 0 bridgehead atoms. The molecule has 118 valence electrons. The summed E-state index contributed by atoms with van der Waals surface area (Å²) >= 11 is 0. The molecule has 5 heteroatoms. The zero-order valence-corrected chi connectivity index (χ0v) is 13.2. The van der Waals surface area contributed by atoms with Crippen LogP contribution in [0.4, 0.5) is 0 Å². The van der Waals surface area contributed by atoms with Crippen LogP contribution >= 0.6 is 0 Å². The second kappa shape index (κ2) is 6.10. The van der Waals surface area contributed by atoms with Crippen molar-refractivity contribution in [3.05, 3.63) is 40.2 Å². The minimum atomic E-state index is -0.315. The van der Waals surface area contributed by atoms with Crippen LogP contribution in [0.25, 0.3) is 11.0 Å². The predicted molar refractivity (Wildman–Crippen MR) is 83.4 cm³/mol. The van der Waals surface area contributed by atoms with E-state index in [1.165, 1.54) is 4.90 Å². The summed E-state index contributed by atoms with van der Waals surface area (Å²) in [5.41, 5.74) is 1.28. The second-order valence-electron chi connectivity index (χ2n) is 6.05. The van der Waals surface area contributed by atoms with E-state index >= 15 is 0 Å². The van der Waals surface area contributed by atoms with Gasteiger partial charge in [0.15, 0.2) is 0 Å². The van der Waals surface area contributed by atoms with Gasteiger partial charge in [-0.2, -0.15) is 0 Å². The number of methoxy groups -OCH3 is 1. The van der Waals surface area contributed by atoms with Crippen LogP contribution in [0, 0.1) is 0 Å². The van der Waals surface area contributed by atoms with E-state index in [1.807, 2.05) is 12.1 Å². The molecule has 0 saturated carbocycles. The normalized spacial score (nSPS) is 25.3. The Balaban J connectivity index is 1.94. The van der Waals surface area contributed by atoms with E-state index < -0.39 is 0 Å². The van der Waals surface area contributed by atoms with Crippen molar-refractivity contribution >= 4 is 11.0 Å². The first-order valence-corrected chi connectivity index (χ1v) is 7.65. The van der Waals surface area contributed by atoms with E-state index in [9.17, 15) is 4.79 Å². The number of hydrogen-bond donors (Lipinski definition) is 1. The highest BCUT2D eigenvalue weighted by Gasteiger charge is 2.26. The minimum Gasteiger partial charge on any atom is -0.497 e. The summed E-state index contributed by atoms with van der Waals surface area (Å²) in [6.45, 7) is 6.88. The Morgan fingerprint density at radius 1 is 1.23 bits per heavy atom. The van der Waals surface area contributed by atoms with Gasteiger partial charge in [0, 0.05) is 23.1 Å². The van der Waals surface area contributed by atoms with Gasteiger partial charge in [-0.15, -0.1) is 0 Å². The van der Waals surface area contributed by atoms with Gasteiger partial charge in [0.05, 0.1) is 7.11 Å². The van der Waals surface area contributed by atoms with Crippen LogP contribution in [0.15, 0.2) is 33.5 Å². The van der Waals surface area contributed by atoms with Gasteiger partial charge < -0.3 is 18.8 Å². The second-order valence-corrected chi connectivity index (χ2v) is 6.05. The molecule has 1 N–H and O–H groups in total. The molecule has 1 aromatic carbocycles. The lowest BCUT2D eigenvalue weighted by molar-refractivity contribution is -0.928. The fourth-order valence-corrected chi connectivity index (χ4v) is 3.29. The number of fused-ring (bicyclic) bond motifs is 1. The minimum absolute atomic E-state index is 0.241. The quantitative estimate of drug-likeness (QED) is 0.860. The smallest absolute Gasteiger partial charge is 0.336 e. The third-order valence-electron chi connectivity index (χ3n) is 4.09. The van der Waals surface area contributed by atoms with Crippen molar-refractivity contribution in [1.82, 2.24) is 0 Å². The summed E-state index contributed by atoms with van der Waals surface area (Å²) in [5.74, 6) is 0.689. The number of rotatable bonds is 3. The Labute approximate surface area is 129 Å². The van der Waals surface area contributed by atoms with Crippen LogP contribution in [0.2, 0.25) is 0 Å². The molecule has 1 aliphatic rings. The van der Waals surface area contributed by atoms with E-state index in [0.717, 1.165) is 30.6 Å². The van der Waals surface area contributed by atoms with E-state index in [2.05, 4.69) is 13.8 Å². The lowest BCUT2D eigenvalue weighted by atomic mass is 10.1.